The van der Waals surface area contributed by atoms with Crippen LogP contribution in [0.4, 0.5) is 0 Å². The quantitative estimate of drug-likeness (QED) is 0.644. The number of aliphatic imine (C=N–C) groups is 1. The standard InChI is InChI=1S/C17H29N5/c1-14-7-10-22(11-8-14)15(2)12-20-17(18-3)21-13-16-6-4-5-9-19-16/h4-6,9,14-15H,7-8,10-13H2,1-3H3,(H2,18,20,21). The summed E-state index contributed by atoms with van der Waals surface area (Å²) in [6, 6.07) is 6.47. The van der Waals surface area contributed by atoms with E-state index in [0.29, 0.717) is 12.6 Å². The van der Waals surface area contributed by atoms with Crippen LogP contribution in [0.25, 0.3) is 0 Å². The van der Waals surface area contributed by atoms with Gasteiger partial charge in [0.15, 0.2) is 5.96 Å². The molecule has 2 heterocycles. The number of nitrogens with one attached hydrogen (secondary N) is 2. The molecule has 0 spiro atoms. The zero-order chi connectivity index (χ0) is 15.8. The van der Waals surface area contributed by atoms with E-state index in [2.05, 4.69) is 39.4 Å². The van der Waals surface area contributed by atoms with Crippen LogP contribution in [-0.2, 0) is 6.54 Å². The predicted octanol–water partition coefficient (Wildman–Crippen LogP) is 1.87. The summed E-state index contributed by atoms with van der Waals surface area (Å²) >= 11 is 0. The molecule has 0 aliphatic carbocycles. The van der Waals surface area contributed by atoms with Crippen molar-refractivity contribution in [2.45, 2.75) is 39.3 Å². The summed E-state index contributed by atoms with van der Waals surface area (Å²) in [5, 5.41) is 6.73. The molecule has 5 nitrogen and oxygen atoms in total. The van der Waals surface area contributed by atoms with Crippen molar-refractivity contribution < 1.29 is 0 Å². The molecule has 0 aromatic carbocycles. The fourth-order valence-corrected chi connectivity index (χ4v) is 2.74. The number of guanidine groups is 1. The summed E-state index contributed by atoms with van der Waals surface area (Å²) in [6.07, 6.45) is 4.45. The first-order valence-corrected chi connectivity index (χ1v) is 8.27. The van der Waals surface area contributed by atoms with E-state index in [1.165, 1.54) is 25.9 Å². The van der Waals surface area contributed by atoms with Crippen LogP contribution >= 0.6 is 0 Å². The molecular formula is C17H29N5. The second kappa shape index (κ2) is 8.73. The Kier molecular flexibility index (Phi) is 6.65. The van der Waals surface area contributed by atoms with E-state index in [4.69, 9.17) is 0 Å². The molecule has 122 valence electrons. The third-order valence-electron chi connectivity index (χ3n) is 4.39. The lowest BCUT2D eigenvalue weighted by Crippen LogP contribution is -2.48. The van der Waals surface area contributed by atoms with Gasteiger partial charge in [0.1, 0.15) is 0 Å². The van der Waals surface area contributed by atoms with E-state index in [1.807, 2.05) is 24.4 Å². The van der Waals surface area contributed by atoms with Crippen LogP contribution in [0.2, 0.25) is 0 Å². The number of nitrogens with zero attached hydrogens (tertiary/aromatic N) is 3. The normalized spacial score (nSPS) is 19.0. The molecule has 1 fully saturated rings. The van der Waals surface area contributed by atoms with Crippen molar-refractivity contribution in [1.82, 2.24) is 20.5 Å². The highest BCUT2D eigenvalue weighted by Gasteiger charge is 2.20. The summed E-state index contributed by atoms with van der Waals surface area (Å²) in [6.45, 7) is 8.67. The zero-order valence-electron chi connectivity index (χ0n) is 14.0. The van der Waals surface area contributed by atoms with Gasteiger partial charge >= 0.3 is 0 Å². The van der Waals surface area contributed by atoms with Crippen molar-refractivity contribution in [3.63, 3.8) is 0 Å². The van der Waals surface area contributed by atoms with E-state index >= 15 is 0 Å². The smallest absolute Gasteiger partial charge is 0.191 e. The van der Waals surface area contributed by atoms with Gasteiger partial charge in [-0.05, 0) is 50.9 Å². The monoisotopic (exact) mass is 303 g/mol. The third-order valence-corrected chi connectivity index (χ3v) is 4.39. The molecule has 0 amide bonds. The lowest BCUT2D eigenvalue weighted by molar-refractivity contribution is 0.147. The molecule has 1 unspecified atom stereocenters. The molecule has 0 radical (unpaired) electrons. The second-order valence-electron chi connectivity index (χ2n) is 6.20. The molecule has 22 heavy (non-hydrogen) atoms. The molecule has 2 rings (SSSR count). The van der Waals surface area contributed by atoms with Gasteiger partial charge in [0, 0.05) is 25.8 Å². The van der Waals surface area contributed by atoms with Crippen LogP contribution in [0.1, 0.15) is 32.4 Å². The van der Waals surface area contributed by atoms with Gasteiger partial charge in [-0.3, -0.25) is 14.9 Å². The van der Waals surface area contributed by atoms with Gasteiger partial charge in [-0.25, -0.2) is 0 Å². The van der Waals surface area contributed by atoms with Gasteiger partial charge in [-0.15, -0.1) is 0 Å². The van der Waals surface area contributed by atoms with Gasteiger partial charge < -0.3 is 10.6 Å². The van der Waals surface area contributed by atoms with E-state index in [1.54, 1.807) is 7.05 Å². The average Bonchev–Trinajstić information content (AvgIpc) is 2.56. The number of hydrogen-bond donors (Lipinski definition) is 2. The summed E-state index contributed by atoms with van der Waals surface area (Å²) in [4.78, 5) is 11.2. The van der Waals surface area contributed by atoms with Crippen LogP contribution in [0, 0.1) is 5.92 Å². The maximum Gasteiger partial charge on any atom is 0.191 e. The van der Waals surface area contributed by atoms with E-state index in [-0.39, 0.29) is 0 Å². The first-order chi connectivity index (χ1) is 10.7. The van der Waals surface area contributed by atoms with E-state index in [0.717, 1.165) is 24.1 Å². The lowest BCUT2D eigenvalue weighted by Gasteiger charge is -2.35. The fraction of sp³-hybridized carbons (Fsp3) is 0.647. The number of pyridine rings is 1. The predicted molar refractivity (Wildman–Crippen MR) is 91.9 cm³/mol. The van der Waals surface area contributed by atoms with E-state index in [9.17, 15) is 0 Å². The lowest BCUT2D eigenvalue weighted by atomic mass is 9.98. The van der Waals surface area contributed by atoms with Crippen LogP contribution in [0.15, 0.2) is 29.4 Å². The Morgan fingerprint density at radius 2 is 2.14 bits per heavy atom. The van der Waals surface area contributed by atoms with Crippen molar-refractivity contribution in [1.29, 1.82) is 0 Å². The minimum Gasteiger partial charge on any atom is -0.355 e. The largest absolute Gasteiger partial charge is 0.355 e. The summed E-state index contributed by atoms with van der Waals surface area (Å²) in [5.74, 6) is 1.71. The SMILES string of the molecule is CN=C(NCc1ccccn1)NCC(C)N1CCC(C)CC1. The van der Waals surface area contributed by atoms with Crippen LogP contribution in [-0.4, -0.2) is 48.6 Å². The Labute approximate surface area is 134 Å². The van der Waals surface area contributed by atoms with Crippen molar-refractivity contribution in [2.24, 2.45) is 10.9 Å². The van der Waals surface area contributed by atoms with Gasteiger partial charge in [-0.1, -0.05) is 13.0 Å². The molecule has 5 heteroatoms. The summed E-state index contributed by atoms with van der Waals surface area (Å²) in [7, 11) is 1.81. The van der Waals surface area contributed by atoms with Crippen molar-refractivity contribution in [3.05, 3.63) is 30.1 Å². The second-order valence-corrected chi connectivity index (χ2v) is 6.20. The Morgan fingerprint density at radius 1 is 1.36 bits per heavy atom. The fourth-order valence-electron chi connectivity index (χ4n) is 2.74. The van der Waals surface area contributed by atoms with Crippen LogP contribution in [0.5, 0.6) is 0 Å². The minimum absolute atomic E-state index is 0.529. The maximum atomic E-state index is 4.31. The number of hydrogen-bond acceptors (Lipinski definition) is 3. The van der Waals surface area contributed by atoms with Crippen molar-refractivity contribution in [3.8, 4) is 0 Å². The number of aromatic nitrogens is 1. The Balaban J connectivity index is 1.71. The number of rotatable bonds is 5. The molecule has 1 atom stereocenters. The minimum atomic E-state index is 0.529. The molecule has 2 N–H and O–H groups in total. The molecule has 1 aromatic heterocycles. The molecule has 1 aromatic rings. The highest BCUT2D eigenvalue weighted by atomic mass is 15.2. The van der Waals surface area contributed by atoms with Gasteiger partial charge in [0.25, 0.3) is 0 Å². The van der Waals surface area contributed by atoms with Gasteiger partial charge in [-0.2, -0.15) is 0 Å². The summed E-state index contributed by atoms with van der Waals surface area (Å²) < 4.78 is 0. The molecule has 0 saturated carbocycles. The van der Waals surface area contributed by atoms with Crippen molar-refractivity contribution >= 4 is 5.96 Å². The topological polar surface area (TPSA) is 52.6 Å². The molecule has 1 saturated heterocycles. The van der Waals surface area contributed by atoms with Crippen LogP contribution < -0.4 is 10.6 Å². The first-order valence-electron chi connectivity index (χ1n) is 8.27. The maximum absolute atomic E-state index is 4.31. The first kappa shape index (κ1) is 16.7. The Morgan fingerprint density at radius 3 is 2.77 bits per heavy atom. The molecular weight excluding hydrogens is 274 g/mol. The number of likely N-dealkylation sites (tertiary alicyclic amines) is 1. The van der Waals surface area contributed by atoms with E-state index < -0.39 is 0 Å². The average molecular weight is 303 g/mol. The van der Waals surface area contributed by atoms with Crippen molar-refractivity contribution in [2.75, 3.05) is 26.7 Å². The third kappa shape index (κ3) is 5.30. The molecule has 1 aliphatic heterocycles. The van der Waals surface area contributed by atoms with Crippen LogP contribution in [0.3, 0.4) is 0 Å². The Hall–Kier alpha value is -1.62. The molecule has 1 aliphatic rings. The number of piperidine rings is 1. The Bertz CT molecular complexity index is 451. The zero-order valence-corrected chi connectivity index (χ0v) is 14.0. The highest BCUT2D eigenvalue weighted by molar-refractivity contribution is 5.79. The highest BCUT2D eigenvalue weighted by Crippen LogP contribution is 2.17. The summed E-state index contributed by atoms with van der Waals surface area (Å²) in [5.41, 5.74) is 1.02. The molecule has 0 bridgehead atoms. The van der Waals surface area contributed by atoms with Gasteiger partial charge in [0.05, 0.1) is 12.2 Å². The van der Waals surface area contributed by atoms with Gasteiger partial charge in [0.2, 0.25) is 0 Å².